The van der Waals surface area contributed by atoms with E-state index in [0.717, 1.165) is 31.6 Å². The molecule has 1 atom stereocenters. The second kappa shape index (κ2) is 10.5. The first-order valence-corrected chi connectivity index (χ1v) is 8.81. The number of nitrogens with one attached hydrogen (secondary N) is 2. The van der Waals surface area contributed by atoms with Crippen LogP contribution in [0.25, 0.3) is 0 Å². The number of carbonyl (C=O) groups is 2. The quantitative estimate of drug-likeness (QED) is 0.598. The van der Waals surface area contributed by atoms with E-state index in [1.165, 1.54) is 0 Å². The van der Waals surface area contributed by atoms with Crippen LogP contribution in [-0.2, 0) is 11.2 Å². The Hall–Kier alpha value is -2.34. The van der Waals surface area contributed by atoms with Crippen LogP contribution >= 0.6 is 0 Å². The molecule has 2 rings (SSSR count). The van der Waals surface area contributed by atoms with Crippen molar-refractivity contribution in [2.24, 2.45) is 0 Å². The molecule has 25 heavy (non-hydrogen) atoms. The number of hydrogen-bond donors (Lipinski definition) is 3. The van der Waals surface area contributed by atoms with Gasteiger partial charge in [-0.05, 0) is 24.8 Å². The zero-order valence-corrected chi connectivity index (χ0v) is 14.5. The van der Waals surface area contributed by atoms with Crippen LogP contribution in [0.4, 0.5) is 4.79 Å². The van der Waals surface area contributed by atoms with E-state index in [-0.39, 0.29) is 18.5 Å². The lowest BCUT2D eigenvalue weighted by Gasteiger charge is -2.23. The molecule has 3 N–H and O–H groups in total. The number of aliphatic carboxylic acids is 1. The number of amides is 2. The normalized spacial score (nSPS) is 15.5. The van der Waals surface area contributed by atoms with Crippen molar-refractivity contribution in [1.29, 1.82) is 0 Å². The van der Waals surface area contributed by atoms with E-state index < -0.39 is 5.97 Å². The van der Waals surface area contributed by atoms with Crippen LogP contribution < -0.4 is 10.6 Å². The molecule has 6 heteroatoms. The second-order valence-corrected chi connectivity index (χ2v) is 6.28. The Morgan fingerprint density at radius 2 is 2.00 bits per heavy atom. The zero-order valence-electron chi connectivity index (χ0n) is 14.5. The second-order valence-electron chi connectivity index (χ2n) is 6.28. The van der Waals surface area contributed by atoms with Crippen molar-refractivity contribution in [3.63, 3.8) is 0 Å². The van der Waals surface area contributed by atoms with Gasteiger partial charge in [0, 0.05) is 38.6 Å². The molecule has 0 saturated carbocycles. The third kappa shape index (κ3) is 7.85. The van der Waals surface area contributed by atoms with Crippen LogP contribution in [0.3, 0.4) is 0 Å². The number of benzene rings is 1. The minimum Gasteiger partial charge on any atom is -0.481 e. The predicted molar refractivity (Wildman–Crippen MR) is 97.5 cm³/mol. The molecule has 1 heterocycles. The van der Waals surface area contributed by atoms with E-state index in [1.807, 2.05) is 30.3 Å². The average Bonchev–Trinajstić information content (AvgIpc) is 2.61. The molecule has 1 aliphatic heterocycles. The highest BCUT2D eigenvalue weighted by Gasteiger charge is 2.15. The van der Waals surface area contributed by atoms with Crippen LogP contribution in [0.2, 0.25) is 0 Å². The standard InChI is InChI=1S/C19H27N3O3/c23-18(24)10-9-17(15-16-7-3-1-4-8-16)21-19(25)20-11-14-22-12-5-2-6-13-22/h1-5,7-8,17H,6,9-15H2,(H,23,24)(H2,20,21,25). The van der Waals surface area contributed by atoms with Crippen LogP contribution in [0.15, 0.2) is 42.5 Å². The highest BCUT2D eigenvalue weighted by atomic mass is 16.4. The van der Waals surface area contributed by atoms with Gasteiger partial charge in [0.05, 0.1) is 0 Å². The average molecular weight is 345 g/mol. The van der Waals surface area contributed by atoms with Crippen molar-refractivity contribution in [3.05, 3.63) is 48.0 Å². The Morgan fingerprint density at radius 3 is 2.68 bits per heavy atom. The molecule has 2 amide bonds. The Bertz CT molecular complexity index is 575. The van der Waals surface area contributed by atoms with Gasteiger partial charge in [-0.25, -0.2) is 4.79 Å². The van der Waals surface area contributed by atoms with Gasteiger partial charge in [0.1, 0.15) is 0 Å². The Labute approximate surface area is 148 Å². The van der Waals surface area contributed by atoms with E-state index in [1.54, 1.807) is 0 Å². The summed E-state index contributed by atoms with van der Waals surface area (Å²) in [6, 6.07) is 9.35. The Balaban J connectivity index is 1.76. The van der Waals surface area contributed by atoms with Gasteiger partial charge >= 0.3 is 12.0 Å². The molecule has 0 bridgehead atoms. The molecule has 1 aliphatic rings. The molecule has 1 unspecified atom stereocenters. The lowest BCUT2D eigenvalue weighted by Crippen LogP contribution is -2.45. The summed E-state index contributed by atoms with van der Waals surface area (Å²) in [4.78, 5) is 25.3. The fourth-order valence-corrected chi connectivity index (χ4v) is 2.88. The minimum atomic E-state index is -0.849. The van der Waals surface area contributed by atoms with Crippen molar-refractivity contribution in [3.8, 4) is 0 Å². The number of carbonyl (C=O) groups excluding carboxylic acids is 1. The largest absolute Gasteiger partial charge is 0.481 e. The van der Waals surface area contributed by atoms with Gasteiger partial charge in [-0.2, -0.15) is 0 Å². The van der Waals surface area contributed by atoms with E-state index in [9.17, 15) is 9.59 Å². The summed E-state index contributed by atoms with van der Waals surface area (Å²) >= 11 is 0. The topological polar surface area (TPSA) is 81.7 Å². The third-order valence-corrected chi connectivity index (χ3v) is 4.22. The zero-order chi connectivity index (χ0) is 17.9. The van der Waals surface area contributed by atoms with Crippen LogP contribution in [0.1, 0.15) is 24.8 Å². The summed E-state index contributed by atoms with van der Waals surface area (Å²) in [6.07, 6.45) is 6.45. The molecule has 1 aromatic carbocycles. The Kier molecular flexibility index (Phi) is 7.98. The molecule has 0 aromatic heterocycles. The lowest BCUT2D eigenvalue weighted by atomic mass is 10.0. The van der Waals surface area contributed by atoms with Crippen molar-refractivity contribution in [2.45, 2.75) is 31.7 Å². The van der Waals surface area contributed by atoms with Crippen molar-refractivity contribution in [2.75, 3.05) is 26.2 Å². The number of carboxylic acids is 1. The van der Waals surface area contributed by atoms with E-state index >= 15 is 0 Å². The van der Waals surface area contributed by atoms with Gasteiger partial charge < -0.3 is 15.7 Å². The van der Waals surface area contributed by atoms with Gasteiger partial charge in [0.2, 0.25) is 0 Å². The van der Waals surface area contributed by atoms with Gasteiger partial charge in [-0.15, -0.1) is 0 Å². The molecular weight excluding hydrogens is 318 g/mol. The number of rotatable bonds is 9. The summed E-state index contributed by atoms with van der Waals surface area (Å²) in [7, 11) is 0. The highest BCUT2D eigenvalue weighted by Crippen LogP contribution is 2.08. The number of nitrogens with zero attached hydrogens (tertiary/aromatic N) is 1. The molecule has 6 nitrogen and oxygen atoms in total. The molecule has 0 saturated heterocycles. The summed E-state index contributed by atoms with van der Waals surface area (Å²) in [5.41, 5.74) is 1.08. The van der Waals surface area contributed by atoms with E-state index in [4.69, 9.17) is 5.11 Å². The maximum Gasteiger partial charge on any atom is 0.315 e. The van der Waals surface area contributed by atoms with E-state index in [2.05, 4.69) is 27.7 Å². The molecule has 0 aliphatic carbocycles. The van der Waals surface area contributed by atoms with Gasteiger partial charge in [-0.3, -0.25) is 9.69 Å². The fourth-order valence-electron chi connectivity index (χ4n) is 2.88. The minimum absolute atomic E-state index is 0.0396. The SMILES string of the molecule is O=C(O)CCC(Cc1ccccc1)NC(=O)NCCN1CC=CCC1. The molecule has 0 fully saturated rings. The molecular formula is C19H27N3O3. The van der Waals surface area contributed by atoms with Crippen molar-refractivity contribution in [1.82, 2.24) is 15.5 Å². The number of carboxylic acid groups (broad SMARTS) is 1. The smallest absolute Gasteiger partial charge is 0.315 e. The van der Waals surface area contributed by atoms with Gasteiger partial charge in [0.25, 0.3) is 0 Å². The Morgan fingerprint density at radius 1 is 1.20 bits per heavy atom. The van der Waals surface area contributed by atoms with E-state index in [0.29, 0.717) is 19.4 Å². The number of hydrogen-bond acceptors (Lipinski definition) is 3. The first-order chi connectivity index (χ1) is 12.1. The monoisotopic (exact) mass is 345 g/mol. The first-order valence-electron chi connectivity index (χ1n) is 8.81. The van der Waals surface area contributed by atoms with Gasteiger partial charge in [0.15, 0.2) is 0 Å². The summed E-state index contributed by atoms with van der Waals surface area (Å²) in [5.74, 6) is -0.849. The number of urea groups is 1. The molecule has 1 aromatic rings. The third-order valence-electron chi connectivity index (χ3n) is 4.22. The maximum atomic E-state index is 12.1. The summed E-state index contributed by atoms with van der Waals surface area (Å²) in [5, 5.41) is 14.7. The summed E-state index contributed by atoms with van der Waals surface area (Å²) < 4.78 is 0. The maximum absolute atomic E-state index is 12.1. The van der Waals surface area contributed by atoms with Crippen molar-refractivity contribution >= 4 is 12.0 Å². The van der Waals surface area contributed by atoms with Gasteiger partial charge in [-0.1, -0.05) is 42.5 Å². The molecule has 0 spiro atoms. The molecule has 136 valence electrons. The fraction of sp³-hybridized carbons (Fsp3) is 0.474. The summed E-state index contributed by atoms with van der Waals surface area (Å²) in [6.45, 7) is 3.35. The lowest BCUT2D eigenvalue weighted by molar-refractivity contribution is -0.137. The highest BCUT2D eigenvalue weighted by molar-refractivity contribution is 5.74. The van der Waals surface area contributed by atoms with Crippen molar-refractivity contribution < 1.29 is 14.7 Å². The van der Waals surface area contributed by atoms with Crippen LogP contribution in [0, 0.1) is 0 Å². The predicted octanol–water partition coefficient (Wildman–Crippen LogP) is 2.02. The first kappa shape index (κ1) is 19.0. The molecule has 0 radical (unpaired) electrons. The van der Waals surface area contributed by atoms with Crippen LogP contribution in [-0.4, -0.2) is 54.2 Å². The van der Waals surface area contributed by atoms with Crippen LogP contribution in [0.5, 0.6) is 0 Å².